The lowest BCUT2D eigenvalue weighted by atomic mass is 9.89. The lowest BCUT2D eigenvalue weighted by Gasteiger charge is -2.26. The Morgan fingerprint density at radius 3 is 2.72 bits per heavy atom. The molecule has 1 heterocycles. The van der Waals surface area contributed by atoms with E-state index >= 15 is 0 Å². The smallest absolute Gasteiger partial charge is 0.141 e. The van der Waals surface area contributed by atoms with Crippen molar-refractivity contribution in [1.29, 1.82) is 0 Å². The van der Waals surface area contributed by atoms with Gasteiger partial charge in [0.15, 0.2) is 0 Å². The third kappa shape index (κ3) is 3.70. The van der Waals surface area contributed by atoms with Crippen LogP contribution in [0.4, 0.5) is 0 Å². The number of aromatic nitrogens is 1. The largest absolute Gasteiger partial charge is 0.495 e. The number of unbranched alkanes of at least 4 members (excludes halogenated alkanes) is 1. The number of pyridine rings is 1. The monoisotopic (exact) mass is 250 g/mol. The van der Waals surface area contributed by atoms with Gasteiger partial charge < -0.3 is 10.1 Å². The Hall–Kier alpha value is -1.09. The van der Waals surface area contributed by atoms with Crippen molar-refractivity contribution in [3.8, 4) is 5.75 Å². The van der Waals surface area contributed by atoms with Gasteiger partial charge in [0.1, 0.15) is 5.75 Å². The molecule has 1 rings (SSSR count). The van der Waals surface area contributed by atoms with Gasteiger partial charge in [-0.15, -0.1) is 0 Å². The second-order valence-electron chi connectivity index (χ2n) is 4.67. The van der Waals surface area contributed by atoms with E-state index < -0.39 is 0 Å². The summed E-state index contributed by atoms with van der Waals surface area (Å²) >= 11 is 0. The molecule has 0 aromatic carbocycles. The van der Waals surface area contributed by atoms with Crippen LogP contribution in [-0.2, 0) is 0 Å². The molecular formula is C15H26N2O. The van der Waals surface area contributed by atoms with Gasteiger partial charge in [0, 0.05) is 6.20 Å². The zero-order valence-corrected chi connectivity index (χ0v) is 12.1. The Labute approximate surface area is 111 Å². The summed E-state index contributed by atoms with van der Waals surface area (Å²) in [4.78, 5) is 4.51. The minimum absolute atomic E-state index is 0.276. The lowest BCUT2D eigenvalue weighted by molar-refractivity contribution is 0.318. The van der Waals surface area contributed by atoms with E-state index in [1.165, 1.54) is 19.3 Å². The first-order chi connectivity index (χ1) is 8.78. The highest BCUT2D eigenvalue weighted by Crippen LogP contribution is 2.32. The minimum atomic E-state index is 0.276. The fourth-order valence-electron chi connectivity index (χ4n) is 2.48. The van der Waals surface area contributed by atoms with Crippen molar-refractivity contribution in [2.75, 3.05) is 14.2 Å². The highest BCUT2D eigenvalue weighted by atomic mass is 16.5. The highest BCUT2D eigenvalue weighted by Gasteiger charge is 2.23. The van der Waals surface area contributed by atoms with Crippen LogP contribution in [0.3, 0.4) is 0 Å². The van der Waals surface area contributed by atoms with E-state index in [2.05, 4.69) is 24.1 Å². The quantitative estimate of drug-likeness (QED) is 0.766. The van der Waals surface area contributed by atoms with Crippen molar-refractivity contribution in [2.45, 2.75) is 45.6 Å². The molecule has 0 amide bonds. The van der Waals surface area contributed by atoms with Gasteiger partial charge in [-0.05, 0) is 31.5 Å². The van der Waals surface area contributed by atoms with Crippen molar-refractivity contribution in [3.05, 3.63) is 24.0 Å². The van der Waals surface area contributed by atoms with E-state index in [1.807, 2.05) is 25.4 Å². The molecule has 0 aliphatic carbocycles. The van der Waals surface area contributed by atoms with Crippen LogP contribution in [0.5, 0.6) is 5.75 Å². The van der Waals surface area contributed by atoms with Crippen LogP contribution in [0, 0.1) is 5.92 Å². The van der Waals surface area contributed by atoms with Gasteiger partial charge in [0.05, 0.1) is 18.8 Å². The minimum Gasteiger partial charge on any atom is -0.495 e. The molecule has 0 bridgehead atoms. The van der Waals surface area contributed by atoms with E-state index in [0.29, 0.717) is 5.92 Å². The average Bonchev–Trinajstić information content (AvgIpc) is 2.43. The normalized spacial score (nSPS) is 14.2. The van der Waals surface area contributed by atoms with Gasteiger partial charge in [-0.2, -0.15) is 0 Å². The van der Waals surface area contributed by atoms with Crippen molar-refractivity contribution in [3.63, 3.8) is 0 Å². The summed E-state index contributed by atoms with van der Waals surface area (Å²) in [5.74, 6) is 1.49. The lowest BCUT2D eigenvalue weighted by Crippen LogP contribution is -2.26. The van der Waals surface area contributed by atoms with Crippen LogP contribution in [0.2, 0.25) is 0 Å². The summed E-state index contributed by atoms with van der Waals surface area (Å²) in [6.45, 7) is 4.49. The predicted molar refractivity (Wildman–Crippen MR) is 75.9 cm³/mol. The second kappa shape index (κ2) is 8.09. The maximum Gasteiger partial charge on any atom is 0.141 e. The molecule has 0 aliphatic heterocycles. The topological polar surface area (TPSA) is 34.2 Å². The number of hydrogen-bond acceptors (Lipinski definition) is 3. The molecule has 0 spiro atoms. The van der Waals surface area contributed by atoms with Crippen LogP contribution in [-0.4, -0.2) is 19.1 Å². The Balaban J connectivity index is 2.92. The molecule has 1 aromatic heterocycles. The number of methoxy groups -OCH3 is 1. The molecule has 18 heavy (non-hydrogen) atoms. The average molecular weight is 250 g/mol. The van der Waals surface area contributed by atoms with Gasteiger partial charge in [-0.1, -0.05) is 33.1 Å². The van der Waals surface area contributed by atoms with Gasteiger partial charge >= 0.3 is 0 Å². The predicted octanol–water partition coefficient (Wildman–Crippen LogP) is 3.57. The molecule has 1 aromatic rings. The van der Waals surface area contributed by atoms with Crippen LogP contribution in [0.15, 0.2) is 18.3 Å². The van der Waals surface area contributed by atoms with E-state index in [1.54, 1.807) is 7.11 Å². The van der Waals surface area contributed by atoms with Crippen LogP contribution < -0.4 is 10.1 Å². The number of nitrogens with zero attached hydrogens (tertiary/aromatic N) is 1. The summed E-state index contributed by atoms with van der Waals surface area (Å²) in [6.07, 6.45) is 6.75. The molecule has 1 N–H and O–H groups in total. The molecule has 2 atom stereocenters. The van der Waals surface area contributed by atoms with E-state index in [0.717, 1.165) is 17.9 Å². The number of rotatable bonds is 8. The van der Waals surface area contributed by atoms with Gasteiger partial charge in [-0.3, -0.25) is 4.98 Å². The molecule has 2 unspecified atom stereocenters. The van der Waals surface area contributed by atoms with Crippen LogP contribution in [0.25, 0.3) is 0 Å². The van der Waals surface area contributed by atoms with Crippen LogP contribution in [0.1, 0.15) is 51.3 Å². The number of nitrogens with one attached hydrogen (secondary N) is 1. The number of hydrogen-bond donors (Lipinski definition) is 1. The zero-order valence-electron chi connectivity index (χ0n) is 12.1. The molecule has 3 heteroatoms. The Morgan fingerprint density at radius 2 is 2.17 bits per heavy atom. The molecule has 102 valence electrons. The highest BCUT2D eigenvalue weighted by molar-refractivity contribution is 5.29. The molecule has 0 saturated heterocycles. The van der Waals surface area contributed by atoms with E-state index in [4.69, 9.17) is 4.74 Å². The Kier molecular flexibility index (Phi) is 6.73. The number of ether oxygens (including phenoxy) is 1. The maximum atomic E-state index is 5.42. The maximum absolute atomic E-state index is 5.42. The standard InChI is InChI=1S/C15H26N2O/c1-5-7-9-12(6-2)14(16-3)15-13(18-4)10-8-11-17-15/h8,10-12,14,16H,5-7,9H2,1-4H3. The fourth-order valence-corrected chi connectivity index (χ4v) is 2.48. The first kappa shape index (κ1) is 15.0. The SMILES string of the molecule is CCCCC(CC)C(NC)c1ncccc1OC. The summed E-state index contributed by atoms with van der Waals surface area (Å²) in [5, 5.41) is 3.41. The summed E-state index contributed by atoms with van der Waals surface area (Å²) in [7, 11) is 3.72. The Bertz CT molecular complexity index is 341. The van der Waals surface area contributed by atoms with Crippen molar-refractivity contribution >= 4 is 0 Å². The second-order valence-corrected chi connectivity index (χ2v) is 4.67. The van der Waals surface area contributed by atoms with E-state index in [9.17, 15) is 0 Å². The van der Waals surface area contributed by atoms with Gasteiger partial charge in [0.2, 0.25) is 0 Å². The summed E-state index contributed by atoms with van der Waals surface area (Å²) in [5.41, 5.74) is 1.03. The molecule has 0 fully saturated rings. The molecular weight excluding hydrogens is 224 g/mol. The van der Waals surface area contributed by atoms with E-state index in [-0.39, 0.29) is 6.04 Å². The molecule has 0 saturated carbocycles. The van der Waals surface area contributed by atoms with Gasteiger partial charge in [0.25, 0.3) is 0 Å². The van der Waals surface area contributed by atoms with Crippen molar-refractivity contribution in [1.82, 2.24) is 10.3 Å². The third-order valence-corrected chi connectivity index (χ3v) is 3.55. The van der Waals surface area contributed by atoms with Gasteiger partial charge in [-0.25, -0.2) is 0 Å². The third-order valence-electron chi connectivity index (χ3n) is 3.55. The van der Waals surface area contributed by atoms with Crippen LogP contribution >= 0.6 is 0 Å². The Morgan fingerprint density at radius 1 is 1.39 bits per heavy atom. The summed E-state index contributed by atoms with van der Waals surface area (Å²) in [6, 6.07) is 4.18. The van der Waals surface area contributed by atoms with Crippen molar-refractivity contribution in [2.24, 2.45) is 5.92 Å². The zero-order chi connectivity index (χ0) is 13.4. The molecule has 3 nitrogen and oxygen atoms in total. The first-order valence-electron chi connectivity index (χ1n) is 6.94. The molecule has 0 aliphatic rings. The van der Waals surface area contributed by atoms with Crippen molar-refractivity contribution < 1.29 is 4.74 Å². The first-order valence-corrected chi connectivity index (χ1v) is 6.94. The molecule has 0 radical (unpaired) electrons. The fraction of sp³-hybridized carbons (Fsp3) is 0.667. The summed E-state index contributed by atoms with van der Waals surface area (Å²) < 4.78 is 5.42.